The van der Waals surface area contributed by atoms with E-state index >= 15 is 0 Å². The van der Waals surface area contributed by atoms with Crippen molar-refractivity contribution in [3.8, 4) is 11.1 Å². The molecule has 0 bridgehead atoms. The summed E-state index contributed by atoms with van der Waals surface area (Å²) >= 11 is 0. The molecule has 0 aliphatic rings. The van der Waals surface area contributed by atoms with Gasteiger partial charge in [-0.3, -0.25) is 15.1 Å². The smallest absolute Gasteiger partial charge is 0.270 e. The number of aliphatic hydroxyl groups excluding tert-OH is 1. The van der Waals surface area contributed by atoms with Crippen molar-refractivity contribution < 1.29 is 10.0 Å². The first-order valence-electron chi connectivity index (χ1n) is 5.01. The molecule has 1 heterocycles. The summed E-state index contributed by atoms with van der Waals surface area (Å²) in [5, 5.41) is 19.5. The molecule has 1 aromatic heterocycles. The lowest BCUT2D eigenvalue weighted by molar-refractivity contribution is -0.384. The Labute approximate surface area is 97.5 Å². The molecule has 2 rings (SSSR count). The Morgan fingerprint density at radius 2 is 2.06 bits per heavy atom. The average Bonchev–Trinajstić information content (AvgIpc) is 2.39. The number of non-ortho nitro benzene ring substituents is 1. The number of nitro benzene ring substituents is 1. The first-order chi connectivity index (χ1) is 8.20. The van der Waals surface area contributed by atoms with E-state index in [1.165, 1.54) is 12.1 Å². The topological polar surface area (TPSA) is 76.3 Å². The van der Waals surface area contributed by atoms with Crippen LogP contribution in [0, 0.1) is 10.1 Å². The average molecular weight is 230 g/mol. The lowest BCUT2D eigenvalue weighted by Crippen LogP contribution is -1.90. The summed E-state index contributed by atoms with van der Waals surface area (Å²) in [5.74, 6) is 0. The van der Waals surface area contributed by atoms with Crippen molar-refractivity contribution in [2.75, 3.05) is 0 Å². The molecule has 1 aromatic carbocycles. The standard InChI is InChI=1S/C12H10N2O3/c15-8-11-5-4-10(7-13-11)9-2-1-3-12(6-9)14(16)17/h1-7,15H,8H2. The summed E-state index contributed by atoms with van der Waals surface area (Å²) in [6, 6.07) is 9.82. The number of aliphatic hydroxyl groups is 1. The molecule has 86 valence electrons. The molecule has 0 radical (unpaired) electrons. The van der Waals surface area contributed by atoms with Gasteiger partial charge in [0.1, 0.15) is 0 Å². The molecule has 5 nitrogen and oxygen atoms in total. The molecule has 0 saturated heterocycles. The molecule has 0 saturated carbocycles. The first kappa shape index (κ1) is 11.2. The van der Waals surface area contributed by atoms with E-state index in [2.05, 4.69) is 4.98 Å². The fourth-order valence-electron chi connectivity index (χ4n) is 1.49. The van der Waals surface area contributed by atoms with Crippen LogP contribution in [0.15, 0.2) is 42.6 Å². The second-order valence-electron chi connectivity index (χ2n) is 3.50. The third kappa shape index (κ3) is 2.46. The molecular formula is C12H10N2O3. The van der Waals surface area contributed by atoms with Crippen LogP contribution in [0.4, 0.5) is 5.69 Å². The lowest BCUT2D eigenvalue weighted by Gasteiger charge is -2.02. The van der Waals surface area contributed by atoms with Gasteiger partial charge in [0.05, 0.1) is 17.2 Å². The van der Waals surface area contributed by atoms with Crippen molar-refractivity contribution in [2.45, 2.75) is 6.61 Å². The van der Waals surface area contributed by atoms with Crippen molar-refractivity contribution in [3.63, 3.8) is 0 Å². The molecule has 17 heavy (non-hydrogen) atoms. The van der Waals surface area contributed by atoms with Gasteiger partial charge in [-0.25, -0.2) is 0 Å². The molecule has 5 heteroatoms. The van der Waals surface area contributed by atoms with Gasteiger partial charge in [-0.2, -0.15) is 0 Å². The molecular weight excluding hydrogens is 220 g/mol. The number of nitro groups is 1. The Kier molecular flexibility index (Phi) is 3.11. The van der Waals surface area contributed by atoms with Crippen LogP contribution in [0.1, 0.15) is 5.69 Å². The van der Waals surface area contributed by atoms with E-state index in [0.29, 0.717) is 5.69 Å². The quantitative estimate of drug-likeness (QED) is 0.647. The minimum absolute atomic E-state index is 0.0498. The number of benzene rings is 1. The highest BCUT2D eigenvalue weighted by atomic mass is 16.6. The van der Waals surface area contributed by atoms with Crippen LogP contribution in [-0.4, -0.2) is 15.0 Å². The summed E-state index contributed by atoms with van der Waals surface area (Å²) in [4.78, 5) is 14.2. The normalized spacial score (nSPS) is 10.2. The molecule has 0 atom stereocenters. The van der Waals surface area contributed by atoms with Gasteiger partial charge in [0.15, 0.2) is 0 Å². The summed E-state index contributed by atoms with van der Waals surface area (Å²) in [6.45, 7) is -0.116. The largest absolute Gasteiger partial charge is 0.390 e. The number of hydrogen-bond donors (Lipinski definition) is 1. The van der Waals surface area contributed by atoms with Crippen LogP contribution in [0.25, 0.3) is 11.1 Å². The third-order valence-corrected chi connectivity index (χ3v) is 2.38. The van der Waals surface area contributed by atoms with Gasteiger partial charge in [0.2, 0.25) is 0 Å². The Bertz CT molecular complexity index is 538. The molecule has 0 amide bonds. The highest BCUT2D eigenvalue weighted by molar-refractivity contribution is 5.65. The van der Waals surface area contributed by atoms with Crippen LogP contribution in [-0.2, 0) is 6.61 Å². The number of rotatable bonds is 3. The van der Waals surface area contributed by atoms with Gasteiger partial charge in [0, 0.05) is 23.9 Å². The van der Waals surface area contributed by atoms with Crippen LogP contribution < -0.4 is 0 Å². The minimum atomic E-state index is -0.432. The maximum atomic E-state index is 10.6. The van der Waals surface area contributed by atoms with Crippen molar-refractivity contribution in [2.24, 2.45) is 0 Å². The van der Waals surface area contributed by atoms with Gasteiger partial charge in [-0.05, 0) is 11.6 Å². The molecule has 0 aliphatic heterocycles. The first-order valence-corrected chi connectivity index (χ1v) is 5.01. The van der Waals surface area contributed by atoms with Crippen LogP contribution in [0.2, 0.25) is 0 Å². The zero-order valence-electron chi connectivity index (χ0n) is 8.91. The maximum Gasteiger partial charge on any atom is 0.270 e. The van der Waals surface area contributed by atoms with E-state index in [4.69, 9.17) is 5.11 Å². The highest BCUT2D eigenvalue weighted by Gasteiger charge is 2.07. The van der Waals surface area contributed by atoms with Gasteiger partial charge >= 0.3 is 0 Å². The van der Waals surface area contributed by atoms with Crippen molar-refractivity contribution in [1.29, 1.82) is 0 Å². The fraction of sp³-hybridized carbons (Fsp3) is 0.0833. The van der Waals surface area contributed by atoms with Crippen LogP contribution in [0.3, 0.4) is 0 Å². The van der Waals surface area contributed by atoms with E-state index in [9.17, 15) is 10.1 Å². The van der Waals surface area contributed by atoms with E-state index in [1.807, 2.05) is 0 Å². The summed E-state index contributed by atoms with van der Waals surface area (Å²) in [6.07, 6.45) is 1.59. The Morgan fingerprint density at radius 3 is 2.65 bits per heavy atom. The summed E-state index contributed by atoms with van der Waals surface area (Å²) in [5.41, 5.74) is 2.13. The number of nitrogens with zero attached hydrogens (tertiary/aromatic N) is 2. The minimum Gasteiger partial charge on any atom is -0.390 e. The zero-order chi connectivity index (χ0) is 12.3. The second-order valence-corrected chi connectivity index (χ2v) is 3.50. The predicted molar refractivity (Wildman–Crippen MR) is 62.3 cm³/mol. The van der Waals surface area contributed by atoms with E-state index < -0.39 is 4.92 Å². The number of hydrogen-bond acceptors (Lipinski definition) is 4. The molecule has 0 aliphatic carbocycles. The molecule has 0 spiro atoms. The maximum absolute atomic E-state index is 10.6. The van der Waals surface area contributed by atoms with Gasteiger partial charge < -0.3 is 5.11 Å². The van der Waals surface area contributed by atoms with Gasteiger partial charge in [0.25, 0.3) is 5.69 Å². The monoisotopic (exact) mass is 230 g/mol. The van der Waals surface area contributed by atoms with Crippen LogP contribution in [0.5, 0.6) is 0 Å². The summed E-state index contributed by atoms with van der Waals surface area (Å²) < 4.78 is 0. The number of aromatic nitrogens is 1. The Balaban J connectivity index is 2.38. The highest BCUT2D eigenvalue weighted by Crippen LogP contribution is 2.23. The Morgan fingerprint density at radius 1 is 1.24 bits per heavy atom. The Hall–Kier alpha value is -2.27. The van der Waals surface area contributed by atoms with Gasteiger partial charge in [-0.15, -0.1) is 0 Å². The fourth-order valence-corrected chi connectivity index (χ4v) is 1.49. The second kappa shape index (κ2) is 4.71. The van der Waals surface area contributed by atoms with E-state index in [1.54, 1.807) is 30.5 Å². The SMILES string of the molecule is O=[N+]([O-])c1cccc(-c2ccc(CO)nc2)c1. The zero-order valence-corrected chi connectivity index (χ0v) is 8.91. The third-order valence-electron chi connectivity index (χ3n) is 2.38. The molecule has 1 N–H and O–H groups in total. The number of pyridine rings is 1. The van der Waals surface area contributed by atoms with Crippen molar-refractivity contribution in [3.05, 3.63) is 58.4 Å². The molecule has 2 aromatic rings. The predicted octanol–water partition coefficient (Wildman–Crippen LogP) is 2.15. The van der Waals surface area contributed by atoms with Gasteiger partial charge in [-0.1, -0.05) is 18.2 Å². The van der Waals surface area contributed by atoms with E-state index in [0.717, 1.165) is 11.1 Å². The lowest BCUT2D eigenvalue weighted by atomic mass is 10.1. The summed E-state index contributed by atoms with van der Waals surface area (Å²) in [7, 11) is 0. The van der Waals surface area contributed by atoms with Crippen molar-refractivity contribution in [1.82, 2.24) is 4.98 Å². The van der Waals surface area contributed by atoms with Crippen LogP contribution >= 0.6 is 0 Å². The van der Waals surface area contributed by atoms with Crippen molar-refractivity contribution >= 4 is 5.69 Å². The van der Waals surface area contributed by atoms with E-state index in [-0.39, 0.29) is 12.3 Å². The molecule has 0 fully saturated rings. The molecule has 0 unspecified atom stereocenters.